The fourth-order valence-electron chi connectivity index (χ4n) is 3.11. The average Bonchev–Trinajstić information content (AvgIpc) is 2.87. The van der Waals surface area contributed by atoms with E-state index >= 15 is 0 Å². The second-order valence-corrected chi connectivity index (χ2v) is 5.71. The zero-order valence-electron chi connectivity index (χ0n) is 12.1. The standard InChI is InChI=1S/C16H22N2O3/c17-10-7-12-5-1-2-6-13(12)15(21)18-16(11-14(19)20)8-3-4-9-16/h1-2,5-6H,3-4,7-11,17H2,(H,18,21)(H,19,20). The van der Waals surface area contributed by atoms with Crippen LogP contribution in [0.2, 0.25) is 0 Å². The molecule has 2 rings (SSSR count). The molecule has 0 bridgehead atoms. The summed E-state index contributed by atoms with van der Waals surface area (Å²) < 4.78 is 0. The molecular weight excluding hydrogens is 268 g/mol. The van der Waals surface area contributed by atoms with Crippen LogP contribution in [0.5, 0.6) is 0 Å². The Hall–Kier alpha value is -1.88. The van der Waals surface area contributed by atoms with Gasteiger partial charge >= 0.3 is 5.97 Å². The molecule has 1 aromatic rings. The Balaban J connectivity index is 2.18. The van der Waals surface area contributed by atoms with Gasteiger partial charge < -0.3 is 16.2 Å². The summed E-state index contributed by atoms with van der Waals surface area (Å²) in [5, 5.41) is 12.1. The Morgan fingerprint density at radius 2 is 1.90 bits per heavy atom. The Morgan fingerprint density at radius 1 is 1.24 bits per heavy atom. The molecule has 5 heteroatoms. The Labute approximate surface area is 124 Å². The van der Waals surface area contributed by atoms with Crippen molar-refractivity contribution in [3.8, 4) is 0 Å². The normalized spacial score (nSPS) is 16.6. The minimum Gasteiger partial charge on any atom is -0.481 e. The summed E-state index contributed by atoms with van der Waals surface area (Å²) in [6, 6.07) is 7.35. The van der Waals surface area contributed by atoms with Gasteiger partial charge in [0, 0.05) is 5.56 Å². The first-order valence-electron chi connectivity index (χ1n) is 7.39. The Morgan fingerprint density at radius 3 is 2.52 bits per heavy atom. The fourth-order valence-corrected chi connectivity index (χ4v) is 3.11. The van der Waals surface area contributed by atoms with Gasteiger partial charge in [-0.15, -0.1) is 0 Å². The van der Waals surface area contributed by atoms with Crippen LogP contribution in [0.1, 0.15) is 48.0 Å². The van der Waals surface area contributed by atoms with Crippen LogP contribution < -0.4 is 11.1 Å². The third-order valence-corrected chi connectivity index (χ3v) is 4.10. The van der Waals surface area contributed by atoms with E-state index in [4.69, 9.17) is 10.8 Å². The highest BCUT2D eigenvalue weighted by molar-refractivity contribution is 5.96. The molecule has 1 aliphatic rings. The number of nitrogens with one attached hydrogen (secondary N) is 1. The summed E-state index contributed by atoms with van der Waals surface area (Å²) in [7, 11) is 0. The van der Waals surface area contributed by atoms with Gasteiger partial charge in [-0.05, 0) is 37.4 Å². The molecule has 0 aliphatic heterocycles. The maximum atomic E-state index is 12.5. The van der Waals surface area contributed by atoms with Crippen molar-refractivity contribution in [1.29, 1.82) is 0 Å². The van der Waals surface area contributed by atoms with Crippen molar-refractivity contribution in [3.63, 3.8) is 0 Å². The van der Waals surface area contributed by atoms with Crippen LogP contribution in [0.25, 0.3) is 0 Å². The molecule has 1 fully saturated rings. The van der Waals surface area contributed by atoms with E-state index in [-0.39, 0.29) is 12.3 Å². The molecule has 1 saturated carbocycles. The molecule has 0 aromatic heterocycles. The maximum Gasteiger partial charge on any atom is 0.305 e. The highest BCUT2D eigenvalue weighted by Gasteiger charge is 2.37. The monoisotopic (exact) mass is 290 g/mol. The van der Waals surface area contributed by atoms with E-state index in [2.05, 4.69) is 5.32 Å². The molecule has 0 heterocycles. The molecule has 0 saturated heterocycles. The number of hydrogen-bond donors (Lipinski definition) is 3. The fraction of sp³-hybridized carbons (Fsp3) is 0.500. The second kappa shape index (κ2) is 6.72. The molecule has 21 heavy (non-hydrogen) atoms. The minimum absolute atomic E-state index is 0.0161. The second-order valence-electron chi connectivity index (χ2n) is 5.71. The van der Waals surface area contributed by atoms with Crippen molar-refractivity contribution >= 4 is 11.9 Å². The topological polar surface area (TPSA) is 92.4 Å². The number of carbonyl (C=O) groups is 2. The van der Waals surface area contributed by atoms with Gasteiger partial charge in [-0.1, -0.05) is 31.0 Å². The smallest absolute Gasteiger partial charge is 0.305 e. The number of benzene rings is 1. The Kier molecular flexibility index (Phi) is 4.96. The maximum absolute atomic E-state index is 12.5. The van der Waals surface area contributed by atoms with Gasteiger partial charge in [0.2, 0.25) is 0 Å². The molecule has 1 amide bonds. The van der Waals surface area contributed by atoms with Crippen LogP contribution in [-0.2, 0) is 11.2 Å². The first kappa shape index (κ1) is 15.5. The highest BCUT2D eigenvalue weighted by Crippen LogP contribution is 2.33. The zero-order chi connectivity index (χ0) is 15.3. The molecule has 0 radical (unpaired) electrons. The number of hydrogen-bond acceptors (Lipinski definition) is 3. The molecule has 5 nitrogen and oxygen atoms in total. The van der Waals surface area contributed by atoms with Crippen LogP contribution in [0.3, 0.4) is 0 Å². The van der Waals surface area contributed by atoms with Crippen molar-refractivity contribution in [1.82, 2.24) is 5.32 Å². The van der Waals surface area contributed by atoms with Crippen molar-refractivity contribution in [2.75, 3.05) is 6.54 Å². The summed E-state index contributed by atoms with van der Waals surface area (Å²) in [5.74, 6) is -1.06. The van der Waals surface area contributed by atoms with E-state index in [1.807, 2.05) is 18.2 Å². The third-order valence-electron chi connectivity index (χ3n) is 4.10. The quantitative estimate of drug-likeness (QED) is 0.743. The van der Waals surface area contributed by atoms with Crippen molar-refractivity contribution in [2.45, 2.75) is 44.1 Å². The number of rotatable bonds is 6. The van der Waals surface area contributed by atoms with Gasteiger partial charge in [-0.2, -0.15) is 0 Å². The molecule has 114 valence electrons. The summed E-state index contributed by atoms with van der Waals surface area (Å²) in [6.07, 6.45) is 3.98. The number of carboxylic acids is 1. The molecular formula is C16H22N2O3. The van der Waals surface area contributed by atoms with Crippen molar-refractivity contribution in [3.05, 3.63) is 35.4 Å². The van der Waals surface area contributed by atoms with E-state index in [0.29, 0.717) is 18.5 Å². The molecule has 4 N–H and O–H groups in total. The lowest BCUT2D eigenvalue weighted by molar-refractivity contribution is -0.138. The predicted octanol–water partition coefficient (Wildman–Crippen LogP) is 1.71. The summed E-state index contributed by atoms with van der Waals surface area (Å²) in [5.41, 5.74) is 6.48. The largest absolute Gasteiger partial charge is 0.481 e. The lowest BCUT2D eigenvalue weighted by Crippen LogP contribution is -2.48. The van der Waals surface area contributed by atoms with Gasteiger partial charge in [0.25, 0.3) is 5.91 Å². The van der Waals surface area contributed by atoms with Crippen LogP contribution in [0.15, 0.2) is 24.3 Å². The van der Waals surface area contributed by atoms with E-state index in [0.717, 1.165) is 31.2 Å². The average molecular weight is 290 g/mol. The lowest BCUT2D eigenvalue weighted by Gasteiger charge is -2.29. The highest BCUT2D eigenvalue weighted by atomic mass is 16.4. The third kappa shape index (κ3) is 3.82. The van der Waals surface area contributed by atoms with E-state index in [1.165, 1.54) is 0 Å². The zero-order valence-corrected chi connectivity index (χ0v) is 12.1. The van der Waals surface area contributed by atoms with Crippen molar-refractivity contribution in [2.24, 2.45) is 5.73 Å². The molecule has 0 unspecified atom stereocenters. The van der Waals surface area contributed by atoms with Gasteiger partial charge in [-0.25, -0.2) is 0 Å². The number of carbonyl (C=O) groups excluding carboxylic acids is 1. The van der Waals surface area contributed by atoms with Crippen LogP contribution in [0, 0.1) is 0 Å². The summed E-state index contributed by atoms with van der Waals surface area (Å²) in [4.78, 5) is 23.6. The van der Waals surface area contributed by atoms with E-state index in [1.54, 1.807) is 6.07 Å². The van der Waals surface area contributed by atoms with E-state index in [9.17, 15) is 9.59 Å². The predicted molar refractivity (Wildman–Crippen MR) is 80.1 cm³/mol. The summed E-state index contributed by atoms with van der Waals surface area (Å²) in [6.45, 7) is 0.477. The number of nitrogens with two attached hydrogens (primary N) is 1. The van der Waals surface area contributed by atoms with Gasteiger partial charge in [0.15, 0.2) is 0 Å². The first-order valence-corrected chi connectivity index (χ1v) is 7.39. The van der Waals surface area contributed by atoms with E-state index < -0.39 is 11.5 Å². The minimum atomic E-state index is -0.868. The SMILES string of the molecule is NCCc1ccccc1C(=O)NC1(CC(=O)O)CCCC1. The van der Waals surface area contributed by atoms with Gasteiger partial charge in [0.1, 0.15) is 0 Å². The molecule has 0 atom stereocenters. The van der Waals surface area contributed by atoms with Gasteiger partial charge in [0.05, 0.1) is 12.0 Å². The Bertz CT molecular complexity index is 522. The number of carboxylic acid groups (broad SMARTS) is 1. The molecule has 1 aliphatic carbocycles. The van der Waals surface area contributed by atoms with Crippen LogP contribution >= 0.6 is 0 Å². The van der Waals surface area contributed by atoms with Crippen molar-refractivity contribution < 1.29 is 14.7 Å². The first-order chi connectivity index (χ1) is 10.1. The van der Waals surface area contributed by atoms with Gasteiger partial charge in [-0.3, -0.25) is 9.59 Å². The molecule has 1 aromatic carbocycles. The van der Waals surface area contributed by atoms with Crippen LogP contribution in [-0.4, -0.2) is 29.1 Å². The molecule has 0 spiro atoms. The number of amides is 1. The summed E-state index contributed by atoms with van der Waals surface area (Å²) >= 11 is 0. The van der Waals surface area contributed by atoms with Crippen LogP contribution in [0.4, 0.5) is 0 Å². The number of aliphatic carboxylic acids is 1. The lowest BCUT2D eigenvalue weighted by atomic mass is 9.92.